The van der Waals surface area contributed by atoms with Gasteiger partial charge >= 0.3 is 19.5 Å². The molecule has 0 bridgehead atoms. The van der Waals surface area contributed by atoms with Crippen LogP contribution < -0.4 is 9.84 Å². The Morgan fingerprint density at radius 1 is 1.03 bits per heavy atom. The standard InChI is InChI=1S/C20H22NO8P/c1-13(22)21-18(19(23)24)11-14-5-9-17(10-6-14)29-30(26,27)12-15-3-7-16(8-4-15)20(25)28-2/h3-10,18H,11-12H2,1-2H3,(H,21,22)(H,23,24)(H,26,27)/t18-/m0/s1. The number of ether oxygens (including phenoxy) is 1. The highest BCUT2D eigenvalue weighted by Gasteiger charge is 2.23. The molecule has 0 saturated heterocycles. The molecule has 2 aromatic carbocycles. The average Bonchev–Trinajstić information content (AvgIpc) is 2.68. The third-order valence-corrected chi connectivity index (χ3v) is 5.31. The third kappa shape index (κ3) is 7.02. The molecule has 30 heavy (non-hydrogen) atoms. The maximum absolute atomic E-state index is 12.4. The zero-order chi connectivity index (χ0) is 22.3. The van der Waals surface area contributed by atoms with Crippen LogP contribution >= 0.6 is 7.60 Å². The summed E-state index contributed by atoms with van der Waals surface area (Å²) >= 11 is 0. The molecule has 0 spiro atoms. The normalized spacial score (nSPS) is 13.6. The number of aliphatic carboxylic acids is 1. The highest BCUT2D eigenvalue weighted by molar-refractivity contribution is 7.52. The molecular formula is C20H22NO8P. The quantitative estimate of drug-likeness (QED) is 0.403. The lowest BCUT2D eigenvalue weighted by molar-refractivity contribution is -0.141. The largest absolute Gasteiger partial charge is 0.480 e. The van der Waals surface area contributed by atoms with Crippen LogP contribution in [0.3, 0.4) is 0 Å². The first-order chi connectivity index (χ1) is 14.1. The number of hydrogen-bond acceptors (Lipinski definition) is 6. The summed E-state index contributed by atoms with van der Waals surface area (Å²) in [6, 6.07) is 11.0. The second kappa shape index (κ2) is 10.0. The molecule has 0 aromatic heterocycles. The molecule has 1 amide bonds. The molecule has 1 unspecified atom stereocenters. The molecule has 0 aliphatic heterocycles. The van der Waals surface area contributed by atoms with Gasteiger partial charge in [-0.25, -0.2) is 14.2 Å². The maximum Gasteiger partial charge on any atom is 0.380 e. The lowest BCUT2D eigenvalue weighted by atomic mass is 10.1. The Kier molecular flexibility index (Phi) is 7.74. The van der Waals surface area contributed by atoms with E-state index in [-0.39, 0.29) is 18.3 Å². The molecular weight excluding hydrogens is 413 g/mol. The van der Waals surface area contributed by atoms with Crippen molar-refractivity contribution in [3.8, 4) is 5.75 Å². The molecule has 3 N–H and O–H groups in total. The Morgan fingerprint density at radius 3 is 2.10 bits per heavy atom. The molecule has 2 rings (SSSR count). The van der Waals surface area contributed by atoms with Crippen LogP contribution in [0.2, 0.25) is 0 Å². The van der Waals surface area contributed by atoms with Gasteiger partial charge in [0.2, 0.25) is 5.91 Å². The fraction of sp³-hybridized carbons (Fsp3) is 0.250. The van der Waals surface area contributed by atoms with Gasteiger partial charge in [-0.2, -0.15) is 0 Å². The predicted molar refractivity (Wildman–Crippen MR) is 107 cm³/mol. The Hall–Kier alpha value is -3.16. The lowest BCUT2D eigenvalue weighted by Gasteiger charge is -2.15. The van der Waals surface area contributed by atoms with Crippen LogP contribution in [-0.4, -0.2) is 41.0 Å². The molecule has 10 heteroatoms. The number of carbonyl (C=O) groups excluding carboxylic acids is 2. The predicted octanol–water partition coefficient (Wildman–Crippen LogP) is 2.37. The molecule has 0 heterocycles. The molecule has 2 atom stereocenters. The van der Waals surface area contributed by atoms with Crippen molar-refractivity contribution in [2.45, 2.75) is 25.5 Å². The van der Waals surface area contributed by atoms with Gasteiger partial charge in [0, 0.05) is 13.3 Å². The van der Waals surface area contributed by atoms with Gasteiger partial charge in [0.1, 0.15) is 11.8 Å². The minimum atomic E-state index is -4.03. The van der Waals surface area contributed by atoms with Crippen molar-refractivity contribution in [2.75, 3.05) is 7.11 Å². The van der Waals surface area contributed by atoms with Crippen LogP contribution in [0.15, 0.2) is 48.5 Å². The van der Waals surface area contributed by atoms with Crippen molar-refractivity contribution in [3.63, 3.8) is 0 Å². The molecule has 0 aliphatic rings. The Bertz CT molecular complexity index is 956. The van der Waals surface area contributed by atoms with Gasteiger partial charge < -0.3 is 24.6 Å². The number of rotatable bonds is 9. The third-order valence-electron chi connectivity index (χ3n) is 4.04. The molecule has 9 nitrogen and oxygen atoms in total. The Labute approximate surface area is 173 Å². The van der Waals surface area contributed by atoms with E-state index in [1.54, 1.807) is 12.1 Å². The van der Waals surface area contributed by atoms with E-state index in [4.69, 9.17) is 9.63 Å². The number of hydrogen-bond donors (Lipinski definition) is 3. The van der Waals surface area contributed by atoms with Crippen LogP contribution in [-0.2, 0) is 31.5 Å². The summed E-state index contributed by atoms with van der Waals surface area (Å²) in [6.45, 7) is 1.23. The SMILES string of the molecule is COC(=O)c1ccc(CP(=O)(O)Oc2ccc(C[C@H](NC(C)=O)C(=O)O)cc2)cc1. The number of benzene rings is 2. The summed E-state index contributed by atoms with van der Waals surface area (Å²) in [4.78, 5) is 43.9. The van der Waals surface area contributed by atoms with Gasteiger partial charge in [-0.05, 0) is 35.4 Å². The second-order valence-electron chi connectivity index (χ2n) is 6.51. The van der Waals surface area contributed by atoms with Gasteiger partial charge in [-0.1, -0.05) is 24.3 Å². The number of carboxylic acid groups (broad SMARTS) is 1. The Balaban J connectivity index is 2.01. The highest BCUT2D eigenvalue weighted by atomic mass is 31.2. The van der Waals surface area contributed by atoms with Gasteiger partial charge in [0.05, 0.1) is 18.8 Å². The minimum absolute atomic E-state index is 0.0541. The van der Waals surface area contributed by atoms with Crippen molar-refractivity contribution in [2.24, 2.45) is 0 Å². The van der Waals surface area contributed by atoms with Crippen LogP contribution in [0.25, 0.3) is 0 Å². The smallest absolute Gasteiger partial charge is 0.380 e. The van der Waals surface area contributed by atoms with Gasteiger partial charge in [0.15, 0.2) is 0 Å². The fourth-order valence-electron chi connectivity index (χ4n) is 2.66. The molecule has 0 radical (unpaired) electrons. The maximum atomic E-state index is 12.4. The molecule has 0 saturated carbocycles. The van der Waals surface area contributed by atoms with E-state index in [9.17, 15) is 23.8 Å². The van der Waals surface area contributed by atoms with E-state index in [0.717, 1.165) is 0 Å². The highest BCUT2D eigenvalue weighted by Crippen LogP contribution is 2.46. The number of methoxy groups -OCH3 is 1. The molecule has 160 valence electrons. The summed E-state index contributed by atoms with van der Waals surface area (Å²) in [7, 11) is -2.76. The first-order valence-electron chi connectivity index (χ1n) is 8.87. The van der Waals surface area contributed by atoms with E-state index in [1.807, 2.05) is 0 Å². The zero-order valence-corrected chi connectivity index (χ0v) is 17.3. The molecule has 0 aliphatic carbocycles. The van der Waals surface area contributed by atoms with E-state index in [2.05, 4.69) is 10.1 Å². The lowest BCUT2D eigenvalue weighted by Crippen LogP contribution is -2.41. The van der Waals surface area contributed by atoms with Gasteiger partial charge in [-0.15, -0.1) is 0 Å². The van der Waals surface area contributed by atoms with E-state index in [0.29, 0.717) is 16.7 Å². The van der Waals surface area contributed by atoms with Crippen LogP contribution in [0.5, 0.6) is 5.75 Å². The summed E-state index contributed by atoms with van der Waals surface area (Å²) in [5, 5.41) is 11.5. The Morgan fingerprint density at radius 2 is 1.60 bits per heavy atom. The second-order valence-corrected chi connectivity index (χ2v) is 8.29. The van der Waals surface area contributed by atoms with Gasteiger partial charge in [-0.3, -0.25) is 4.79 Å². The van der Waals surface area contributed by atoms with E-state index >= 15 is 0 Å². The number of carbonyl (C=O) groups is 3. The number of nitrogens with one attached hydrogen (secondary N) is 1. The fourth-order valence-corrected chi connectivity index (χ4v) is 3.85. The minimum Gasteiger partial charge on any atom is -0.480 e. The van der Waals surface area contributed by atoms with Crippen LogP contribution in [0.4, 0.5) is 0 Å². The van der Waals surface area contributed by atoms with Crippen molar-refractivity contribution in [1.29, 1.82) is 0 Å². The van der Waals surface area contributed by atoms with Crippen molar-refractivity contribution in [1.82, 2.24) is 5.32 Å². The molecule has 0 fully saturated rings. The van der Waals surface area contributed by atoms with Crippen molar-refractivity contribution in [3.05, 3.63) is 65.2 Å². The molecule has 2 aromatic rings. The van der Waals surface area contributed by atoms with Crippen molar-refractivity contribution >= 4 is 25.4 Å². The topological polar surface area (TPSA) is 139 Å². The van der Waals surface area contributed by atoms with Gasteiger partial charge in [0.25, 0.3) is 0 Å². The average molecular weight is 435 g/mol. The van der Waals surface area contributed by atoms with E-state index < -0.39 is 31.5 Å². The monoisotopic (exact) mass is 435 g/mol. The number of carboxylic acids is 1. The van der Waals surface area contributed by atoms with E-state index in [1.165, 1.54) is 50.4 Å². The first kappa shape index (κ1) is 23.1. The number of amides is 1. The summed E-state index contributed by atoms with van der Waals surface area (Å²) in [6.07, 6.45) is -0.210. The summed E-state index contributed by atoms with van der Waals surface area (Å²) in [5.41, 5.74) is 1.43. The summed E-state index contributed by atoms with van der Waals surface area (Å²) in [5.74, 6) is -1.98. The van der Waals surface area contributed by atoms with Crippen LogP contribution in [0.1, 0.15) is 28.4 Å². The zero-order valence-electron chi connectivity index (χ0n) is 16.4. The first-order valence-corrected chi connectivity index (χ1v) is 10.6. The van der Waals surface area contributed by atoms with Crippen molar-refractivity contribution < 1.29 is 38.2 Å². The summed E-state index contributed by atoms with van der Waals surface area (Å²) < 4.78 is 22.2. The number of esters is 1. The van der Waals surface area contributed by atoms with Crippen LogP contribution in [0, 0.1) is 0 Å².